The van der Waals surface area contributed by atoms with E-state index in [0.717, 1.165) is 27.8 Å². The molecule has 0 saturated carbocycles. The molecule has 0 unspecified atom stereocenters. The van der Waals surface area contributed by atoms with E-state index in [1.54, 1.807) is 4.90 Å². The number of carbonyl (C=O) groups excluding carboxylic acids is 3. The summed E-state index contributed by atoms with van der Waals surface area (Å²) in [6, 6.07) is 6.73. The Morgan fingerprint density at radius 1 is 1.14 bits per heavy atom. The first kappa shape index (κ1) is 18.5. The number of rotatable bonds is 4. The number of piperidine rings is 1. The van der Waals surface area contributed by atoms with Crippen LogP contribution in [0.5, 0.6) is 0 Å². The van der Waals surface area contributed by atoms with E-state index in [-0.39, 0.29) is 18.4 Å². The third-order valence-electron chi connectivity index (χ3n) is 5.72. The van der Waals surface area contributed by atoms with Crippen molar-refractivity contribution >= 4 is 28.7 Å². The number of benzene rings is 1. The van der Waals surface area contributed by atoms with Crippen LogP contribution in [-0.4, -0.2) is 58.3 Å². The van der Waals surface area contributed by atoms with Crippen LogP contribution in [0.15, 0.2) is 30.5 Å². The first-order chi connectivity index (χ1) is 13.4. The van der Waals surface area contributed by atoms with Gasteiger partial charge in [-0.1, -0.05) is 32.0 Å². The van der Waals surface area contributed by atoms with Gasteiger partial charge in [0.25, 0.3) is 5.91 Å². The van der Waals surface area contributed by atoms with Crippen molar-refractivity contribution in [1.82, 2.24) is 20.1 Å². The average Bonchev–Trinajstić information content (AvgIpc) is 3.17. The zero-order valence-electron chi connectivity index (χ0n) is 16.3. The van der Waals surface area contributed by atoms with E-state index < -0.39 is 12.1 Å². The maximum atomic E-state index is 12.8. The third kappa shape index (κ3) is 3.48. The van der Waals surface area contributed by atoms with Gasteiger partial charge >= 0.3 is 6.03 Å². The fourth-order valence-corrected chi connectivity index (χ4v) is 4.49. The lowest BCUT2D eigenvalue weighted by atomic mass is 9.92. The summed E-state index contributed by atoms with van der Waals surface area (Å²) in [5.41, 5.74) is 1.97. The first-order valence-corrected chi connectivity index (χ1v) is 9.87. The summed E-state index contributed by atoms with van der Waals surface area (Å²) >= 11 is 0. The Bertz CT molecular complexity index is 911. The van der Waals surface area contributed by atoms with Crippen molar-refractivity contribution in [3.8, 4) is 0 Å². The van der Waals surface area contributed by atoms with E-state index in [4.69, 9.17) is 0 Å². The summed E-state index contributed by atoms with van der Waals surface area (Å²) in [4.78, 5) is 43.8. The third-order valence-corrected chi connectivity index (χ3v) is 5.72. The number of aromatic nitrogens is 1. The SMILES string of the molecule is C[C@H]1C[C@H](C)CN(C(=O)CN2C(=O)N[C@@H](Cc3c[nH]c4ccccc34)C2=O)C1. The van der Waals surface area contributed by atoms with E-state index in [1.165, 1.54) is 0 Å². The minimum absolute atomic E-state index is 0.158. The molecular weight excluding hydrogens is 356 g/mol. The van der Waals surface area contributed by atoms with Crippen LogP contribution in [0, 0.1) is 11.8 Å². The molecule has 0 spiro atoms. The zero-order chi connectivity index (χ0) is 19.8. The highest BCUT2D eigenvalue weighted by molar-refractivity contribution is 6.06. The monoisotopic (exact) mass is 382 g/mol. The Labute approximate surface area is 164 Å². The molecule has 2 fully saturated rings. The highest BCUT2D eigenvalue weighted by Gasteiger charge is 2.40. The van der Waals surface area contributed by atoms with Crippen molar-refractivity contribution in [2.45, 2.75) is 32.7 Å². The number of likely N-dealkylation sites (tertiary alicyclic amines) is 1. The number of aromatic amines is 1. The van der Waals surface area contributed by atoms with Crippen LogP contribution >= 0.6 is 0 Å². The van der Waals surface area contributed by atoms with Gasteiger partial charge in [0.1, 0.15) is 12.6 Å². The van der Waals surface area contributed by atoms with E-state index >= 15 is 0 Å². The van der Waals surface area contributed by atoms with Crippen molar-refractivity contribution in [3.05, 3.63) is 36.0 Å². The molecule has 2 aliphatic heterocycles. The Hall–Kier alpha value is -2.83. The van der Waals surface area contributed by atoms with Crippen LogP contribution in [0.25, 0.3) is 10.9 Å². The zero-order valence-corrected chi connectivity index (χ0v) is 16.3. The molecule has 1 aromatic carbocycles. The molecule has 7 nitrogen and oxygen atoms in total. The molecule has 4 rings (SSSR count). The second-order valence-corrected chi connectivity index (χ2v) is 8.23. The maximum absolute atomic E-state index is 12.8. The number of H-pyrrole nitrogens is 1. The number of hydrogen-bond donors (Lipinski definition) is 2. The second-order valence-electron chi connectivity index (χ2n) is 8.23. The van der Waals surface area contributed by atoms with Gasteiger partial charge in [0.15, 0.2) is 0 Å². The van der Waals surface area contributed by atoms with E-state index in [0.29, 0.717) is 31.3 Å². The van der Waals surface area contributed by atoms with Crippen LogP contribution < -0.4 is 5.32 Å². The van der Waals surface area contributed by atoms with Gasteiger partial charge in [-0.2, -0.15) is 0 Å². The molecular formula is C21H26N4O3. The molecule has 0 radical (unpaired) electrons. The number of urea groups is 1. The predicted molar refractivity (Wildman–Crippen MR) is 106 cm³/mol. The molecule has 4 amide bonds. The molecule has 0 aliphatic carbocycles. The van der Waals surface area contributed by atoms with Crippen molar-refractivity contribution in [3.63, 3.8) is 0 Å². The van der Waals surface area contributed by atoms with Gasteiger partial charge in [0.2, 0.25) is 5.91 Å². The van der Waals surface area contributed by atoms with Gasteiger partial charge in [0, 0.05) is 36.6 Å². The summed E-state index contributed by atoms with van der Waals surface area (Å²) < 4.78 is 0. The van der Waals surface area contributed by atoms with E-state index in [9.17, 15) is 14.4 Å². The van der Waals surface area contributed by atoms with Crippen LogP contribution in [0.3, 0.4) is 0 Å². The van der Waals surface area contributed by atoms with Gasteiger partial charge in [0.05, 0.1) is 0 Å². The lowest BCUT2D eigenvalue weighted by Crippen LogP contribution is -2.48. The highest BCUT2D eigenvalue weighted by Crippen LogP contribution is 2.23. The minimum atomic E-state index is -0.640. The van der Waals surface area contributed by atoms with Crippen LogP contribution in [0.1, 0.15) is 25.8 Å². The molecule has 2 saturated heterocycles. The summed E-state index contributed by atoms with van der Waals surface area (Å²) in [5.74, 6) is 0.382. The molecule has 1 aromatic heterocycles. The number of para-hydroxylation sites is 1. The number of nitrogens with zero attached hydrogens (tertiary/aromatic N) is 2. The van der Waals surface area contributed by atoms with Crippen LogP contribution in [-0.2, 0) is 16.0 Å². The Morgan fingerprint density at radius 2 is 1.86 bits per heavy atom. The topological polar surface area (TPSA) is 85.5 Å². The largest absolute Gasteiger partial charge is 0.361 e. The number of hydrogen-bond acceptors (Lipinski definition) is 3. The Balaban J connectivity index is 1.43. The lowest BCUT2D eigenvalue weighted by molar-refractivity contribution is -0.139. The molecule has 28 heavy (non-hydrogen) atoms. The number of fused-ring (bicyclic) bond motifs is 1. The molecule has 3 heterocycles. The fraction of sp³-hybridized carbons (Fsp3) is 0.476. The Morgan fingerprint density at radius 3 is 2.61 bits per heavy atom. The average molecular weight is 382 g/mol. The highest BCUT2D eigenvalue weighted by atomic mass is 16.2. The van der Waals surface area contributed by atoms with Gasteiger partial charge in [-0.15, -0.1) is 0 Å². The summed E-state index contributed by atoms with van der Waals surface area (Å²) in [6.45, 7) is 5.44. The molecule has 148 valence electrons. The second kappa shape index (κ2) is 7.30. The summed E-state index contributed by atoms with van der Waals surface area (Å²) in [7, 11) is 0. The summed E-state index contributed by atoms with van der Waals surface area (Å²) in [6.07, 6.45) is 3.37. The van der Waals surface area contributed by atoms with Crippen molar-refractivity contribution in [2.75, 3.05) is 19.6 Å². The van der Waals surface area contributed by atoms with Gasteiger partial charge < -0.3 is 15.2 Å². The smallest absolute Gasteiger partial charge is 0.325 e. The minimum Gasteiger partial charge on any atom is -0.361 e. The van der Waals surface area contributed by atoms with E-state index in [1.807, 2.05) is 30.5 Å². The lowest BCUT2D eigenvalue weighted by Gasteiger charge is -2.35. The number of imide groups is 1. The normalized spacial score (nSPS) is 25.4. The number of nitrogens with one attached hydrogen (secondary N) is 2. The molecule has 0 bridgehead atoms. The molecule has 2 N–H and O–H groups in total. The number of carbonyl (C=O) groups is 3. The predicted octanol–water partition coefficient (Wildman–Crippen LogP) is 2.14. The van der Waals surface area contributed by atoms with Gasteiger partial charge in [-0.25, -0.2) is 4.79 Å². The molecule has 7 heteroatoms. The van der Waals surface area contributed by atoms with Gasteiger partial charge in [-0.3, -0.25) is 14.5 Å². The standard InChI is InChI=1S/C21H26N4O3/c1-13-7-14(2)11-24(10-13)19(26)12-25-20(27)18(23-21(25)28)8-15-9-22-17-6-4-3-5-16(15)17/h3-6,9,13-14,18,22H,7-8,10-12H2,1-2H3,(H,23,28)/t13-,14-,18-/m0/s1. The maximum Gasteiger partial charge on any atom is 0.325 e. The number of amides is 4. The molecule has 2 aromatic rings. The van der Waals surface area contributed by atoms with Crippen molar-refractivity contribution in [2.24, 2.45) is 11.8 Å². The quantitative estimate of drug-likeness (QED) is 0.795. The van der Waals surface area contributed by atoms with Crippen molar-refractivity contribution < 1.29 is 14.4 Å². The van der Waals surface area contributed by atoms with Crippen LogP contribution in [0.2, 0.25) is 0 Å². The Kier molecular flexibility index (Phi) is 4.83. The summed E-state index contributed by atoms with van der Waals surface area (Å²) in [5, 5.41) is 3.77. The first-order valence-electron chi connectivity index (χ1n) is 9.87. The van der Waals surface area contributed by atoms with Crippen LogP contribution in [0.4, 0.5) is 4.79 Å². The molecule has 2 aliphatic rings. The fourth-order valence-electron chi connectivity index (χ4n) is 4.49. The molecule has 3 atom stereocenters. The van der Waals surface area contributed by atoms with Gasteiger partial charge in [-0.05, 0) is 29.9 Å². The van der Waals surface area contributed by atoms with E-state index in [2.05, 4.69) is 24.1 Å². The van der Waals surface area contributed by atoms with Crippen molar-refractivity contribution in [1.29, 1.82) is 0 Å².